The summed E-state index contributed by atoms with van der Waals surface area (Å²) in [5.74, 6) is 1.33. The molecule has 0 atom stereocenters. The van der Waals surface area contributed by atoms with Crippen LogP contribution in [0.2, 0.25) is 5.02 Å². The molecule has 1 aliphatic rings. The minimum atomic E-state index is -0.0366. The van der Waals surface area contributed by atoms with Gasteiger partial charge in [-0.3, -0.25) is 4.79 Å². The van der Waals surface area contributed by atoms with Gasteiger partial charge in [0.05, 0.1) is 17.1 Å². The van der Waals surface area contributed by atoms with E-state index in [1.165, 1.54) is 12.8 Å². The standard InChI is InChI=1S/C15H16ClNO2/c1-2-10-5-11-6-12(16)14(19-8-9-3-4-9)7-13(11)17-15(10)18/h5-7,9H,2-4,8H2,1H3,(H,17,18). The number of aromatic nitrogens is 1. The summed E-state index contributed by atoms with van der Waals surface area (Å²) in [6, 6.07) is 5.57. The molecule has 0 amide bonds. The van der Waals surface area contributed by atoms with Crippen LogP contribution in [-0.2, 0) is 6.42 Å². The van der Waals surface area contributed by atoms with E-state index in [2.05, 4.69) is 4.98 Å². The Balaban J connectivity index is 2.00. The van der Waals surface area contributed by atoms with Crippen molar-refractivity contribution in [1.29, 1.82) is 0 Å². The molecule has 1 fully saturated rings. The number of aromatic amines is 1. The average Bonchev–Trinajstić information content (AvgIpc) is 3.20. The maximum Gasteiger partial charge on any atom is 0.251 e. The van der Waals surface area contributed by atoms with Crippen LogP contribution in [0.25, 0.3) is 10.9 Å². The highest BCUT2D eigenvalue weighted by atomic mass is 35.5. The Labute approximate surface area is 116 Å². The van der Waals surface area contributed by atoms with Gasteiger partial charge in [-0.2, -0.15) is 0 Å². The average molecular weight is 278 g/mol. The van der Waals surface area contributed by atoms with Gasteiger partial charge in [0.1, 0.15) is 5.75 Å². The zero-order chi connectivity index (χ0) is 13.4. The van der Waals surface area contributed by atoms with Gasteiger partial charge in [-0.05, 0) is 37.3 Å². The normalized spacial score (nSPS) is 14.8. The molecule has 100 valence electrons. The van der Waals surface area contributed by atoms with E-state index in [0.717, 1.165) is 16.5 Å². The van der Waals surface area contributed by atoms with Crippen LogP contribution >= 0.6 is 11.6 Å². The lowest BCUT2D eigenvalue weighted by Gasteiger charge is -2.09. The number of ether oxygens (including phenoxy) is 1. The van der Waals surface area contributed by atoms with Crippen LogP contribution in [0.5, 0.6) is 5.75 Å². The van der Waals surface area contributed by atoms with Crippen molar-refractivity contribution in [1.82, 2.24) is 4.98 Å². The summed E-state index contributed by atoms with van der Waals surface area (Å²) < 4.78 is 5.71. The monoisotopic (exact) mass is 277 g/mol. The molecular formula is C15H16ClNO2. The lowest BCUT2D eigenvalue weighted by atomic mass is 10.1. The first-order valence-electron chi connectivity index (χ1n) is 6.65. The van der Waals surface area contributed by atoms with Crippen LogP contribution in [0.4, 0.5) is 0 Å². The number of aryl methyl sites for hydroxylation is 1. The number of rotatable bonds is 4. The van der Waals surface area contributed by atoms with E-state index < -0.39 is 0 Å². The fourth-order valence-electron chi connectivity index (χ4n) is 2.12. The van der Waals surface area contributed by atoms with Gasteiger partial charge in [0, 0.05) is 17.0 Å². The number of benzene rings is 1. The molecule has 1 aromatic carbocycles. The van der Waals surface area contributed by atoms with E-state index in [1.54, 1.807) is 0 Å². The van der Waals surface area contributed by atoms with Crippen molar-refractivity contribution in [3.05, 3.63) is 39.1 Å². The van der Waals surface area contributed by atoms with Crippen molar-refractivity contribution in [2.75, 3.05) is 6.61 Å². The largest absolute Gasteiger partial charge is 0.492 e. The number of H-pyrrole nitrogens is 1. The molecular weight excluding hydrogens is 262 g/mol. The first-order chi connectivity index (χ1) is 9.17. The van der Waals surface area contributed by atoms with Gasteiger partial charge in [-0.15, -0.1) is 0 Å². The van der Waals surface area contributed by atoms with Gasteiger partial charge in [0.25, 0.3) is 5.56 Å². The van der Waals surface area contributed by atoms with Gasteiger partial charge in [0.2, 0.25) is 0 Å². The summed E-state index contributed by atoms with van der Waals surface area (Å²) in [6.07, 6.45) is 3.19. The van der Waals surface area contributed by atoms with Gasteiger partial charge in [-0.25, -0.2) is 0 Å². The molecule has 0 bridgehead atoms. The lowest BCUT2D eigenvalue weighted by Crippen LogP contribution is -2.11. The molecule has 1 N–H and O–H groups in total. The number of halogens is 1. The van der Waals surface area contributed by atoms with E-state index in [-0.39, 0.29) is 5.56 Å². The molecule has 0 unspecified atom stereocenters. The summed E-state index contributed by atoms with van der Waals surface area (Å²) in [6.45, 7) is 2.67. The first-order valence-corrected chi connectivity index (χ1v) is 7.03. The van der Waals surface area contributed by atoms with Crippen molar-refractivity contribution in [3.63, 3.8) is 0 Å². The second kappa shape index (κ2) is 4.89. The maximum atomic E-state index is 11.8. The highest BCUT2D eigenvalue weighted by Gasteiger charge is 2.22. The van der Waals surface area contributed by atoms with Crippen molar-refractivity contribution in [2.24, 2.45) is 5.92 Å². The van der Waals surface area contributed by atoms with Crippen molar-refractivity contribution >= 4 is 22.5 Å². The molecule has 4 heteroatoms. The highest BCUT2D eigenvalue weighted by molar-refractivity contribution is 6.32. The third-order valence-electron chi connectivity index (χ3n) is 3.53. The summed E-state index contributed by atoms with van der Waals surface area (Å²) in [5, 5.41) is 1.54. The van der Waals surface area contributed by atoms with Crippen LogP contribution in [0.3, 0.4) is 0 Å². The van der Waals surface area contributed by atoms with E-state index in [9.17, 15) is 4.79 Å². The van der Waals surface area contributed by atoms with Gasteiger partial charge < -0.3 is 9.72 Å². The molecule has 0 aliphatic heterocycles. The van der Waals surface area contributed by atoms with Crippen LogP contribution < -0.4 is 10.3 Å². The predicted molar refractivity (Wildman–Crippen MR) is 77.2 cm³/mol. The summed E-state index contributed by atoms with van der Waals surface area (Å²) in [5.41, 5.74) is 1.51. The second-order valence-corrected chi connectivity index (χ2v) is 5.51. The molecule has 1 aliphatic carbocycles. The molecule has 0 saturated heterocycles. The van der Waals surface area contributed by atoms with Crippen molar-refractivity contribution < 1.29 is 4.74 Å². The first kappa shape index (κ1) is 12.5. The Morgan fingerprint density at radius 1 is 1.37 bits per heavy atom. The van der Waals surface area contributed by atoms with Crippen LogP contribution in [0, 0.1) is 5.92 Å². The molecule has 3 nitrogen and oxygen atoms in total. The molecule has 0 spiro atoms. The Bertz CT molecular complexity index is 674. The maximum absolute atomic E-state index is 11.8. The van der Waals surface area contributed by atoms with Crippen LogP contribution in [0.15, 0.2) is 23.0 Å². The lowest BCUT2D eigenvalue weighted by molar-refractivity contribution is 0.300. The van der Waals surface area contributed by atoms with Gasteiger partial charge in [0.15, 0.2) is 0 Å². The SMILES string of the molecule is CCc1cc2cc(Cl)c(OCC3CC3)cc2[nH]c1=O. The third kappa shape index (κ3) is 2.61. The second-order valence-electron chi connectivity index (χ2n) is 5.10. The summed E-state index contributed by atoms with van der Waals surface area (Å²) in [7, 11) is 0. The smallest absolute Gasteiger partial charge is 0.251 e. The third-order valence-corrected chi connectivity index (χ3v) is 3.82. The van der Waals surface area contributed by atoms with E-state index in [4.69, 9.17) is 16.3 Å². The van der Waals surface area contributed by atoms with Gasteiger partial charge in [-0.1, -0.05) is 18.5 Å². The van der Waals surface area contributed by atoms with Crippen molar-refractivity contribution in [2.45, 2.75) is 26.2 Å². The topological polar surface area (TPSA) is 42.1 Å². The number of hydrogen-bond donors (Lipinski definition) is 1. The summed E-state index contributed by atoms with van der Waals surface area (Å²) in [4.78, 5) is 14.7. The number of nitrogens with one attached hydrogen (secondary N) is 1. The van der Waals surface area contributed by atoms with E-state index in [1.807, 2.05) is 25.1 Å². The molecule has 3 rings (SSSR count). The van der Waals surface area contributed by atoms with E-state index in [0.29, 0.717) is 29.7 Å². The number of hydrogen-bond acceptors (Lipinski definition) is 2. The molecule has 1 aromatic heterocycles. The van der Waals surface area contributed by atoms with Crippen LogP contribution in [-0.4, -0.2) is 11.6 Å². The molecule has 1 saturated carbocycles. The Morgan fingerprint density at radius 2 is 2.16 bits per heavy atom. The zero-order valence-corrected chi connectivity index (χ0v) is 11.6. The number of fused-ring (bicyclic) bond motifs is 1. The fourth-order valence-corrected chi connectivity index (χ4v) is 2.34. The minimum Gasteiger partial charge on any atom is -0.492 e. The van der Waals surface area contributed by atoms with E-state index >= 15 is 0 Å². The quantitative estimate of drug-likeness (QED) is 0.929. The predicted octanol–water partition coefficient (Wildman–Crippen LogP) is 3.53. The summed E-state index contributed by atoms with van der Waals surface area (Å²) >= 11 is 6.23. The molecule has 1 heterocycles. The van der Waals surface area contributed by atoms with Crippen molar-refractivity contribution in [3.8, 4) is 5.75 Å². The Kier molecular flexibility index (Phi) is 3.23. The Hall–Kier alpha value is -1.48. The molecule has 19 heavy (non-hydrogen) atoms. The molecule has 0 radical (unpaired) electrons. The Morgan fingerprint density at radius 3 is 2.84 bits per heavy atom. The zero-order valence-electron chi connectivity index (χ0n) is 10.8. The number of pyridine rings is 1. The highest BCUT2D eigenvalue weighted by Crippen LogP contribution is 2.33. The minimum absolute atomic E-state index is 0.0366. The fraction of sp³-hybridized carbons (Fsp3) is 0.400. The molecule has 2 aromatic rings. The van der Waals surface area contributed by atoms with Crippen LogP contribution in [0.1, 0.15) is 25.3 Å². The van der Waals surface area contributed by atoms with Gasteiger partial charge >= 0.3 is 0 Å².